The zero-order valence-electron chi connectivity index (χ0n) is 19.1. The predicted molar refractivity (Wildman–Crippen MR) is 117 cm³/mol. The summed E-state index contributed by atoms with van der Waals surface area (Å²) in [5, 5.41) is 39.6. The number of carbonyl (C=O) groups is 4. The number of nitrogens with zero attached hydrogens (tertiary/aromatic N) is 6. The van der Waals surface area contributed by atoms with E-state index < -0.39 is 43.5 Å². The van der Waals surface area contributed by atoms with E-state index in [0.29, 0.717) is 19.4 Å². The molecule has 3 heterocycles. The predicted octanol–water partition coefficient (Wildman–Crippen LogP) is -2.04. The zero-order valence-corrected chi connectivity index (χ0v) is 21.8. The summed E-state index contributed by atoms with van der Waals surface area (Å²) in [5.41, 5.74) is 0. The minimum absolute atomic E-state index is 0. The Morgan fingerprint density at radius 2 is 1.53 bits per heavy atom. The molecule has 0 aliphatic carbocycles. The van der Waals surface area contributed by atoms with E-state index in [0.717, 1.165) is 0 Å². The second-order valence-electron chi connectivity index (χ2n) is 7.96. The Balaban J connectivity index is 0.00000456. The number of hydrogen-bond donors (Lipinski definition) is 5. The van der Waals surface area contributed by atoms with Crippen LogP contribution in [0.5, 0.6) is 0 Å². The quantitative estimate of drug-likeness (QED) is 0.165. The van der Waals surface area contributed by atoms with E-state index in [1.54, 1.807) is 0 Å². The van der Waals surface area contributed by atoms with Crippen LogP contribution in [0.1, 0.15) is 24.5 Å². The van der Waals surface area contributed by atoms with Gasteiger partial charge in [-0.2, -0.15) is 0 Å². The topological polar surface area (TPSA) is 203 Å². The Morgan fingerprint density at radius 3 is 2.00 bits per heavy atom. The fourth-order valence-electron chi connectivity index (χ4n) is 3.88. The average Bonchev–Trinajstić information content (AvgIpc) is 3.53. The third-order valence-electron chi connectivity index (χ3n) is 5.52. The van der Waals surface area contributed by atoms with E-state index >= 15 is 0 Å². The molecule has 1 aliphatic heterocycles. The Morgan fingerprint density at radius 1 is 1.00 bits per heavy atom. The number of amides is 3. The molecule has 3 amide bonds. The van der Waals surface area contributed by atoms with Gasteiger partial charge in [-0.05, 0) is 12.8 Å². The fraction of sp³-hybridized carbons (Fsp3) is 0.474. The van der Waals surface area contributed by atoms with E-state index in [1.165, 1.54) is 43.7 Å². The summed E-state index contributed by atoms with van der Waals surface area (Å²) in [6, 6.07) is -0.701. The van der Waals surface area contributed by atoms with Gasteiger partial charge in [0, 0.05) is 51.8 Å². The van der Waals surface area contributed by atoms with Crippen molar-refractivity contribution >= 4 is 31.0 Å². The molecule has 1 unspecified atom stereocenters. The van der Waals surface area contributed by atoms with Gasteiger partial charge in [0.1, 0.15) is 24.7 Å². The van der Waals surface area contributed by atoms with Crippen molar-refractivity contribution in [2.45, 2.75) is 45.0 Å². The smallest absolute Gasteiger partial charge is 0.475 e. The largest absolute Gasteiger partial charge is 0.480 e. The molecule has 1 atom stereocenters. The van der Waals surface area contributed by atoms with Gasteiger partial charge in [0.2, 0.25) is 5.91 Å². The van der Waals surface area contributed by atoms with Crippen LogP contribution >= 0.6 is 0 Å². The Labute approximate surface area is 219 Å². The van der Waals surface area contributed by atoms with Crippen LogP contribution in [0.3, 0.4) is 0 Å². The third-order valence-corrected chi connectivity index (χ3v) is 5.52. The van der Waals surface area contributed by atoms with Gasteiger partial charge in [-0.25, -0.2) is 14.8 Å². The van der Waals surface area contributed by atoms with Crippen molar-refractivity contribution in [3.8, 4) is 0 Å². The summed E-state index contributed by atoms with van der Waals surface area (Å²) in [6.45, 7) is -1.14. The maximum Gasteiger partial charge on any atom is 0.475 e. The van der Waals surface area contributed by atoms with Crippen molar-refractivity contribution in [2.24, 2.45) is 0 Å². The molecule has 195 valence electrons. The number of urea groups is 1. The van der Waals surface area contributed by atoms with Gasteiger partial charge in [0.05, 0.1) is 25.6 Å². The van der Waals surface area contributed by atoms with Crippen LogP contribution in [0.4, 0.5) is 4.79 Å². The monoisotopic (exact) mass is 678 g/mol. The number of aliphatic carboxylic acids is 2. The van der Waals surface area contributed by atoms with Crippen molar-refractivity contribution in [2.75, 3.05) is 13.1 Å². The molecule has 5 N–H and O–H groups in total. The van der Waals surface area contributed by atoms with Crippen LogP contribution in [0.2, 0.25) is 0 Å². The molecule has 0 spiro atoms. The van der Waals surface area contributed by atoms with Crippen LogP contribution in [-0.2, 0) is 61.0 Å². The summed E-state index contributed by atoms with van der Waals surface area (Å²) >= 11 is 0. The van der Waals surface area contributed by atoms with Crippen molar-refractivity contribution in [1.29, 1.82) is 0 Å². The summed E-state index contributed by atoms with van der Waals surface area (Å²) in [5.74, 6) is -2.93. The van der Waals surface area contributed by atoms with Crippen LogP contribution < -0.4 is 5.32 Å². The minimum Gasteiger partial charge on any atom is -0.480 e. The molecule has 0 bridgehead atoms. The first-order chi connectivity index (χ1) is 16.7. The SMILES string of the molecule is O=C(O)Cn1ccnc1CN(Cc1nccn1CC(=O)O)C(=O)NCC(=O)N1CCCC1B(O)O.[Re]. The second-order valence-corrected chi connectivity index (χ2v) is 7.96. The van der Waals surface area contributed by atoms with Crippen LogP contribution in [-0.4, -0.2) is 99.2 Å². The minimum atomic E-state index is -1.69. The molecule has 1 saturated heterocycles. The molecule has 17 heteroatoms. The number of carboxylic acid groups (broad SMARTS) is 2. The van der Waals surface area contributed by atoms with E-state index in [-0.39, 0.29) is 58.3 Å². The number of likely N-dealkylation sites (tertiary alicyclic amines) is 1. The molecular weight excluding hydrogens is 651 g/mol. The van der Waals surface area contributed by atoms with Gasteiger partial charge >= 0.3 is 25.1 Å². The van der Waals surface area contributed by atoms with Gasteiger partial charge in [-0.1, -0.05) is 0 Å². The number of aromatic nitrogens is 4. The maximum absolute atomic E-state index is 13.0. The molecular formula is C19H26BN7O8Re. The van der Waals surface area contributed by atoms with Crippen LogP contribution in [0, 0.1) is 0 Å². The molecule has 2 aromatic rings. The van der Waals surface area contributed by atoms with E-state index in [4.69, 9.17) is 10.2 Å². The number of hydrogen-bond acceptors (Lipinski definition) is 8. The first-order valence-electron chi connectivity index (χ1n) is 10.8. The number of rotatable bonds is 11. The van der Waals surface area contributed by atoms with Crippen molar-refractivity contribution in [1.82, 2.24) is 34.2 Å². The molecule has 2 aromatic heterocycles. The van der Waals surface area contributed by atoms with Gasteiger partial charge in [0.15, 0.2) is 0 Å². The van der Waals surface area contributed by atoms with Crippen molar-refractivity contribution < 1.29 is 59.9 Å². The summed E-state index contributed by atoms with van der Waals surface area (Å²) in [7, 11) is -1.69. The fourth-order valence-corrected chi connectivity index (χ4v) is 3.88. The Kier molecular flexibility index (Phi) is 10.6. The normalized spacial score (nSPS) is 14.7. The van der Waals surface area contributed by atoms with Gasteiger partial charge in [-0.15, -0.1) is 0 Å². The Bertz CT molecular complexity index is 1020. The van der Waals surface area contributed by atoms with Gasteiger partial charge < -0.3 is 44.5 Å². The number of nitrogens with one attached hydrogen (secondary N) is 1. The second kappa shape index (κ2) is 13.2. The molecule has 15 nitrogen and oxygen atoms in total. The summed E-state index contributed by atoms with van der Waals surface area (Å²) < 4.78 is 2.68. The zero-order chi connectivity index (χ0) is 25.5. The molecule has 0 aromatic carbocycles. The van der Waals surface area contributed by atoms with E-state index in [9.17, 15) is 29.2 Å². The number of carboxylic acids is 2. The molecule has 1 aliphatic rings. The molecule has 1 radical (unpaired) electrons. The van der Waals surface area contributed by atoms with Crippen molar-refractivity contribution in [3.05, 3.63) is 36.4 Å². The van der Waals surface area contributed by atoms with Crippen molar-refractivity contribution in [3.63, 3.8) is 0 Å². The molecule has 3 rings (SSSR count). The van der Waals surface area contributed by atoms with E-state index in [2.05, 4.69) is 15.3 Å². The van der Waals surface area contributed by atoms with Crippen LogP contribution in [0.25, 0.3) is 0 Å². The average molecular weight is 677 g/mol. The maximum atomic E-state index is 13.0. The standard InChI is InChI=1S/C19H26BN7O8.Re/c28-16(27-5-1-2-13(27)20(34)35)8-23-19(33)26(9-14-21-3-6-24(14)11-17(29)30)10-15-22-4-7-25(15)12-18(31)32;/h3-4,6-7,13,34-35H,1-2,5,8-12H2,(H,23,33)(H,29,30)(H,31,32);. The van der Waals surface area contributed by atoms with E-state index in [1.807, 2.05) is 0 Å². The first-order valence-corrected chi connectivity index (χ1v) is 10.8. The summed E-state index contributed by atoms with van der Waals surface area (Å²) in [4.78, 5) is 58.6. The summed E-state index contributed by atoms with van der Waals surface area (Å²) in [6.07, 6.45) is 6.70. The van der Waals surface area contributed by atoms with Gasteiger partial charge in [0.25, 0.3) is 0 Å². The molecule has 36 heavy (non-hydrogen) atoms. The number of carbonyl (C=O) groups excluding carboxylic acids is 2. The first kappa shape index (κ1) is 29.0. The van der Waals surface area contributed by atoms with Crippen LogP contribution in [0.15, 0.2) is 24.8 Å². The number of imidazole rings is 2. The third kappa shape index (κ3) is 7.62. The van der Waals surface area contributed by atoms with Gasteiger partial charge in [-0.3, -0.25) is 14.4 Å². The Hall–Kier alpha value is -3.25. The molecule has 0 saturated carbocycles. The molecule has 1 fully saturated rings.